The number of sulfonamides is 1. The first-order valence-electron chi connectivity index (χ1n) is 8.59. The summed E-state index contributed by atoms with van der Waals surface area (Å²) in [5, 5.41) is 2.92. The van der Waals surface area contributed by atoms with Gasteiger partial charge in [-0.2, -0.15) is 4.72 Å². The lowest BCUT2D eigenvalue weighted by atomic mass is 10.1. The van der Waals surface area contributed by atoms with Gasteiger partial charge in [-0.25, -0.2) is 8.42 Å². The number of rotatable bonds is 8. The van der Waals surface area contributed by atoms with Crippen molar-refractivity contribution in [3.63, 3.8) is 0 Å². The number of anilines is 1. The number of nitrogens with one attached hydrogen (secondary N) is 2. The molecule has 0 spiro atoms. The molecule has 0 radical (unpaired) electrons. The van der Waals surface area contributed by atoms with Crippen LogP contribution >= 0.6 is 23.2 Å². The van der Waals surface area contributed by atoms with Crippen LogP contribution in [-0.4, -0.2) is 32.9 Å². The topological polar surface area (TPSA) is 102 Å². The summed E-state index contributed by atoms with van der Waals surface area (Å²) in [7, 11) is -3.93. The molecule has 29 heavy (non-hydrogen) atoms. The van der Waals surface area contributed by atoms with Crippen molar-refractivity contribution >= 4 is 50.8 Å². The number of benzene rings is 2. The Morgan fingerprint density at radius 1 is 1.00 bits per heavy atom. The molecule has 0 aromatic heterocycles. The highest BCUT2D eigenvalue weighted by Gasteiger charge is 2.30. The molecule has 0 aliphatic carbocycles. The highest BCUT2D eigenvalue weighted by molar-refractivity contribution is 7.89. The van der Waals surface area contributed by atoms with Gasteiger partial charge in [0.05, 0.1) is 20.6 Å². The summed E-state index contributed by atoms with van der Waals surface area (Å²) < 4.78 is 32.3. The number of carbonyl (C=O) groups is 2. The maximum absolute atomic E-state index is 12.5. The Morgan fingerprint density at radius 2 is 1.59 bits per heavy atom. The average molecular weight is 459 g/mol. The summed E-state index contributed by atoms with van der Waals surface area (Å²) in [6.07, 6.45) is 0. The SMILES string of the molecule is CC(C)[C@@H](NS(=O)(=O)c1ccccc1)C(=O)OCC(=O)Nc1c(Cl)cccc1Cl. The second-order valence-electron chi connectivity index (χ2n) is 6.41. The van der Waals surface area contributed by atoms with Gasteiger partial charge in [0.1, 0.15) is 6.04 Å². The standard InChI is InChI=1S/C19H20Cl2N2O5S/c1-12(2)17(23-29(26,27)13-7-4-3-5-8-13)19(25)28-11-16(24)22-18-14(20)9-6-10-15(18)21/h3-10,12,17,23H,11H2,1-2H3,(H,22,24)/t17-/m1/s1. The van der Waals surface area contributed by atoms with Crippen LogP contribution in [0.15, 0.2) is 53.4 Å². The molecule has 0 bridgehead atoms. The van der Waals surface area contributed by atoms with Crippen molar-refractivity contribution < 1.29 is 22.7 Å². The molecule has 0 aliphatic heterocycles. The van der Waals surface area contributed by atoms with E-state index >= 15 is 0 Å². The summed E-state index contributed by atoms with van der Waals surface area (Å²) in [6.45, 7) is 2.68. The lowest BCUT2D eigenvalue weighted by Crippen LogP contribution is -2.45. The zero-order valence-electron chi connectivity index (χ0n) is 15.7. The van der Waals surface area contributed by atoms with E-state index < -0.39 is 40.5 Å². The third-order valence-electron chi connectivity index (χ3n) is 3.83. The van der Waals surface area contributed by atoms with E-state index in [1.807, 2.05) is 0 Å². The molecule has 2 rings (SSSR count). The summed E-state index contributed by atoms with van der Waals surface area (Å²) >= 11 is 12.0. The quantitative estimate of drug-likeness (QED) is 0.589. The van der Waals surface area contributed by atoms with Crippen molar-refractivity contribution in [1.82, 2.24) is 4.72 Å². The Labute approximate surface area is 179 Å². The van der Waals surface area contributed by atoms with Gasteiger partial charge in [0.15, 0.2) is 6.61 Å². The van der Waals surface area contributed by atoms with Crippen molar-refractivity contribution in [3.05, 3.63) is 58.6 Å². The third-order valence-corrected chi connectivity index (χ3v) is 5.92. The average Bonchev–Trinajstić information content (AvgIpc) is 2.68. The van der Waals surface area contributed by atoms with Gasteiger partial charge in [0, 0.05) is 0 Å². The zero-order chi connectivity index (χ0) is 21.6. The maximum Gasteiger partial charge on any atom is 0.324 e. The predicted octanol–water partition coefficient (Wildman–Crippen LogP) is 3.48. The predicted molar refractivity (Wildman–Crippen MR) is 111 cm³/mol. The van der Waals surface area contributed by atoms with E-state index in [2.05, 4.69) is 10.0 Å². The molecular formula is C19H20Cl2N2O5S. The molecule has 156 valence electrons. The maximum atomic E-state index is 12.5. The van der Waals surface area contributed by atoms with Gasteiger partial charge in [-0.1, -0.05) is 61.3 Å². The van der Waals surface area contributed by atoms with Gasteiger partial charge in [-0.15, -0.1) is 0 Å². The Hall–Kier alpha value is -2.13. The fourth-order valence-electron chi connectivity index (χ4n) is 2.31. The van der Waals surface area contributed by atoms with Gasteiger partial charge in [0.25, 0.3) is 5.91 Å². The van der Waals surface area contributed by atoms with Crippen LogP contribution in [0.1, 0.15) is 13.8 Å². The Morgan fingerprint density at radius 3 is 2.14 bits per heavy atom. The molecule has 7 nitrogen and oxygen atoms in total. The monoisotopic (exact) mass is 458 g/mol. The lowest BCUT2D eigenvalue weighted by Gasteiger charge is -2.20. The van der Waals surface area contributed by atoms with Crippen molar-refractivity contribution in [2.24, 2.45) is 5.92 Å². The third kappa shape index (κ3) is 6.43. The molecule has 0 saturated carbocycles. The van der Waals surface area contributed by atoms with Crippen molar-refractivity contribution in [2.45, 2.75) is 24.8 Å². The molecule has 2 N–H and O–H groups in total. The van der Waals surface area contributed by atoms with Crippen molar-refractivity contribution in [1.29, 1.82) is 0 Å². The normalized spacial score (nSPS) is 12.4. The Kier molecular flexibility index (Phi) is 8.04. The van der Waals surface area contributed by atoms with Gasteiger partial charge < -0.3 is 10.1 Å². The Bertz CT molecular complexity index is 961. The lowest BCUT2D eigenvalue weighted by molar-refractivity contribution is -0.150. The van der Waals surface area contributed by atoms with Gasteiger partial charge in [-0.3, -0.25) is 9.59 Å². The molecule has 0 aliphatic rings. The van der Waals surface area contributed by atoms with E-state index in [0.29, 0.717) is 0 Å². The van der Waals surface area contributed by atoms with Gasteiger partial charge >= 0.3 is 5.97 Å². The molecule has 0 unspecified atom stereocenters. The highest BCUT2D eigenvalue weighted by Crippen LogP contribution is 2.29. The summed E-state index contributed by atoms with van der Waals surface area (Å²) in [5.74, 6) is -1.95. The number of hydrogen-bond acceptors (Lipinski definition) is 5. The minimum absolute atomic E-state index is 0.0181. The van der Waals surface area contributed by atoms with Crippen LogP contribution in [0.25, 0.3) is 0 Å². The Balaban J connectivity index is 2.02. The molecule has 2 aromatic rings. The van der Waals surface area contributed by atoms with E-state index in [9.17, 15) is 18.0 Å². The molecule has 1 amide bonds. The molecule has 0 saturated heterocycles. The molecule has 0 fully saturated rings. The first-order chi connectivity index (χ1) is 13.6. The molecule has 1 atom stereocenters. The van der Waals surface area contributed by atoms with Crippen LogP contribution in [-0.2, 0) is 24.3 Å². The van der Waals surface area contributed by atoms with Crippen LogP contribution in [0.2, 0.25) is 10.0 Å². The summed E-state index contributed by atoms with van der Waals surface area (Å²) in [4.78, 5) is 24.5. The highest BCUT2D eigenvalue weighted by atomic mass is 35.5. The number of amides is 1. The van der Waals surface area contributed by atoms with Crippen molar-refractivity contribution in [2.75, 3.05) is 11.9 Å². The van der Waals surface area contributed by atoms with E-state index in [0.717, 1.165) is 0 Å². The van der Waals surface area contributed by atoms with Crippen LogP contribution < -0.4 is 10.0 Å². The van der Waals surface area contributed by atoms with Gasteiger partial charge in [-0.05, 0) is 30.2 Å². The first-order valence-corrected chi connectivity index (χ1v) is 10.8. The minimum Gasteiger partial charge on any atom is -0.454 e. The van der Waals surface area contributed by atoms with Crippen LogP contribution in [0.5, 0.6) is 0 Å². The summed E-state index contributed by atoms with van der Waals surface area (Å²) in [5.41, 5.74) is 0.196. The largest absolute Gasteiger partial charge is 0.454 e. The summed E-state index contributed by atoms with van der Waals surface area (Å²) in [6, 6.07) is 11.2. The number of ether oxygens (including phenoxy) is 1. The van der Waals surface area contributed by atoms with Crippen LogP contribution in [0.3, 0.4) is 0 Å². The van der Waals surface area contributed by atoms with Gasteiger partial charge in [0.2, 0.25) is 10.0 Å². The zero-order valence-corrected chi connectivity index (χ0v) is 18.0. The smallest absolute Gasteiger partial charge is 0.324 e. The second-order valence-corrected chi connectivity index (χ2v) is 8.94. The van der Waals surface area contributed by atoms with E-state index in [1.165, 1.54) is 12.1 Å². The fraction of sp³-hybridized carbons (Fsp3) is 0.263. The van der Waals surface area contributed by atoms with Crippen molar-refractivity contribution in [3.8, 4) is 0 Å². The molecule has 10 heteroatoms. The fourth-order valence-corrected chi connectivity index (χ4v) is 4.16. The van der Waals surface area contributed by atoms with E-state index in [1.54, 1.807) is 50.2 Å². The number of hydrogen-bond donors (Lipinski definition) is 2. The molecular weight excluding hydrogens is 439 g/mol. The minimum atomic E-state index is -3.93. The molecule has 0 heterocycles. The van der Waals surface area contributed by atoms with E-state index in [4.69, 9.17) is 27.9 Å². The first kappa shape index (κ1) is 23.2. The second kappa shape index (κ2) is 10.1. The number of halogens is 2. The number of para-hydroxylation sites is 1. The van der Waals surface area contributed by atoms with E-state index in [-0.39, 0.29) is 20.6 Å². The van der Waals surface area contributed by atoms with Crippen LogP contribution in [0.4, 0.5) is 5.69 Å². The van der Waals surface area contributed by atoms with Crippen LogP contribution in [0, 0.1) is 5.92 Å². The number of carbonyl (C=O) groups excluding carboxylic acids is 2. The molecule has 2 aromatic carbocycles. The number of esters is 1.